The zero-order valence-electron chi connectivity index (χ0n) is 10.3. The molecule has 6 heteroatoms. The van der Waals surface area contributed by atoms with Gasteiger partial charge in [-0.25, -0.2) is 4.98 Å². The van der Waals surface area contributed by atoms with Crippen molar-refractivity contribution in [3.8, 4) is 5.88 Å². The quantitative estimate of drug-likeness (QED) is 0.873. The Morgan fingerprint density at radius 3 is 2.82 bits per heavy atom. The second-order valence-corrected chi connectivity index (χ2v) is 3.90. The van der Waals surface area contributed by atoms with Gasteiger partial charge in [0.15, 0.2) is 11.2 Å². The van der Waals surface area contributed by atoms with Gasteiger partial charge in [-0.15, -0.1) is 0 Å². The van der Waals surface area contributed by atoms with Crippen molar-refractivity contribution in [1.29, 1.82) is 0 Å². The maximum atomic E-state index is 5.68. The SMILES string of the molecule is CCOc1nc(N)nc2c1ncn2C(C)CC. The van der Waals surface area contributed by atoms with E-state index in [-0.39, 0.29) is 5.95 Å². The third kappa shape index (κ3) is 2.02. The fraction of sp³-hybridized carbons (Fsp3) is 0.545. The van der Waals surface area contributed by atoms with Crippen LogP contribution in [-0.4, -0.2) is 26.1 Å². The normalized spacial score (nSPS) is 12.9. The first-order valence-electron chi connectivity index (χ1n) is 5.80. The van der Waals surface area contributed by atoms with Crippen molar-refractivity contribution in [2.45, 2.75) is 33.2 Å². The molecule has 0 spiro atoms. The van der Waals surface area contributed by atoms with E-state index in [0.29, 0.717) is 24.0 Å². The summed E-state index contributed by atoms with van der Waals surface area (Å²) in [6, 6.07) is 0.323. The van der Waals surface area contributed by atoms with Crippen LogP contribution in [0.3, 0.4) is 0 Å². The largest absolute Gasteiger partial charge is 0.476 e. The van der Waals surface area contributed by atoms with Crippen molar-refractivity contribution in [2.24, 2.45) is 0 Å². The smallest absolute Gasteiger partial charge is 0.247 e. The Hall–Kier alpha value is -1.85. The number of hydrogen-bond donors (Lipinski definition) is 1. The molecule has 2 aromatic heterocycles. The Kier molecular flexibility index (Phi) is 3.12. The summed E-state index contributed by atoms with van der Waals surface area (Å²) in [6.07, 6.45) is 2.76. The molecule has 0 saturated carbocycles. The first-order valence-corrected chi connectivity index (χ1v) is 5.80. The molecule has 17 heavy (non-hydrogen) atoms. The molecule has 0 saturated heterocycles. The first-order chi connectivity index (χ1) is 8.17. The van der Waals surface area contributed by atoms with Crippen molar-refractivity contribution >= 4 is 17.1 Å². The van der Waals surface area contributed by atoms with E-state index in [4.69, 9.17) is 10.5 Å². The topological polar surface area (TPSA) is 78.8 Å². The third-order valence-electron chi connectivity index (χ3n) is 2.75. The highest BCUT2D eigenvalue weighted by molar-refractivity contribution is 5.77. The van der Waals surface area contributed by atoms with Crippen LogP contribution < -0.4 is 10.5 Å². The lowest BCUT2D eigenvalue weighted by Gasteiger charge is -2.11. The van der Waals surface area contributed by atoms with Gasteiger partial charge in [0.25, 0.3) is 0 Å². The molecule has 0 aromatic carbocycles. The van der Waals surface area contributed by atoms with Gasteiger partial charge in [0.1, 0.15) is 0 Å². The summed E-state index contributed by atoms with van der Waals surface area (Å²) in [5.74, 6) is 0.669. The van der Waals surface area contributed by atoms with Gasteiger partial charge < -0.3 is 15.0 Å². The molecular weight excluding hydrogens is 218 g/mol. The number of imidazole rings is 1. The Labute approximate surface area is 99.8 Å². The molecule has 0 aliphatic carbocycles. The van der Waals surface area contributed by atoms with Crippen LogP contribution in [0.4, 0.5) is 5.95 Å². The van der Waals surface area contributed by atoms with Gasteiger partial charge in [0.2, 0.25) is 11.8 Å². The predicted octanol–water partition coefficient (Wildman–Crippen LogP) is 1.78. The summed E-state index contributed by atoms with van der Waals surface area (Å²) in [5.41, 5.74) is 7.08. The van der Waals surface area contributed by atoms with Gasteiger partial charge in [-0.1, -0.05) is 6.92 Å². The second kappa shape index (κ2) is 4.57. The van der Waals surface area contributed by atoms with E-state index < -0.39 is 0 Å². The maximum absolute atomic E-state index is 5.68. The Bertz CT molecular complexity index is 522. The summed E-state index contributed by atoms with van der Waals surface area (Å²) in [6.45, 7) is 6.65. The minimum absolute atomic E-state index is 0.214. The summed E-state index contributed by atoms with van der Waals surface area (Å²) in [7, 11) is 0. The van der Waals surface area contributed by atoms with Crippen LogP contribution in [0, 0.1) is 0 Å². The van der Waals surface area contributed by atoms with E-state index in [1.165, 1.54) is 0 Å². The molecule has 6 nitrogen and oxygen atoms in total. The third-order valence-corrected chi connectivity index (χ3v) is 2.75. The summed E-state index contributed by atoms with van der Waals surface area (Å²) < 4.78 is 7.42. The highest BCUT2D eigenvalue weighted by Crippen LogP contribution is 2.24. The van der Waals surface area contributed by atoms with E-state index in [2.05, 4.69) is 28.8 Å². The standard InChI is InChI=1S/C11H17N5O/c1-4-7(3)16-6-13-8-9(16)14-11(12)15-10(8)17-5-2/h6-7H,4-5H2,1-3H3,(H2,12,14,15). The monoisotopic (exact) mass is 235 g/mol. The van der Waals surface area contributed by atoms with Crippen molar-refractivity contribution in [3.63, 3.8) is 0 Å². The van der Waals surface area contributed by atoms with Gasteiger partial charge in [-0.3, -0.25) is 0 Å². The van der Waals surface area contributed by atoms with Gasteiger partial charge in [-0.2, -0.15) is 9.97 Å². The highest BCUT2D eigenvalue weighted by atomic mass is 16.5. The predicted molar refractivity (Wildman–Crippen MR) is 65.9 cm³/mol. The first kappa shape index (κ1) is 11.6. The number of rotatable bonds is 4. The number of nitrogen functional groups attached to an aromatic ring is 1. The van der Waals surface area contributed by atoms with E-state index in [0.717, 1.165) is 12.1 Å². The van der Waals surface area contributed by atoms with Crippen LogP contribution in [0.1, 0.15) is 33.2 Å². The number of aromatic nitrogens is 4. The van der Waals surface area contributed by atoms with Crippen LogP contribution >= 0.6 is 0 Å². The minimum atomic E-state index is 0.214. The van der Waals surface area contributed by atoms with Gasteiger partial charge >= 0.3 is 0 Å². The number of ether oxygens (including phenoxy) is 1. The lowest BCUT2D eigenvalue weighted by Crippen LogP contribution is -2.06. The van der Waals surface area contributed by atoms with Crippen LogP contribution in [0.25, 0.3) is 11.2 Å². The molecule has 0 fully saturated rings. The van der Waals surface area contributed by atoms with Crippen molar-refractivity contribution in [3.05, 3.63) is 6.33 Å². The molecular formula is C11H17N5O. The van der Waals surface area contributed by atoms with Gasteiger partial charge in [-0.05, 0) is 20.3 Å². The fourth-order valence-electron chi connectivity index (χ4n) is 1.66. The van der Waals surface area contributed by atoms with Crippen molar-refractivity contribution in [1.82, 2.24) is 19.5 Å². The van der Waals surface area contributed by atoms with E-state index in [9.17, 15) is 0 Å². The number of hydrogen-bond acceptors (Lipinski definition) is 5. The average molecular weight is 235 g/mol. The molecule has 0 radical (unpaired) electrons. The number of nitrogens with two attached hydrogens (primary N) is 1. The van der Waals surface area contributed by atoms with E-state index in [1.807, 2.05) is 11.5 Å². The maximum Gasteiger partial charge on any atom is 0.247 e. The molecule has 1 atom stereocenters. The van der Waals surface area contributed by atoms with Gasteiger partial charge in [0.05, 0.1) is 12.9 Å². The fourth-order valence-corrected chi connectivity index (χ4v) is 1.66. The molecule has 1 unspecified atom stereocenters. The zero-order chi connectivity index (χ0) is 12.4. The lowest BCUT2D eigenvalue weighted by atomic mass is 10.2. The summed E-state index contributed by atoms with van der Waals surface area (Å²) in [4.78, 5) is 12.6. The molecule has 2 aromatic rings. The minimum Gasteiger partial charge on any atom is -0.476 e. The molecule has 2 rings (SSSR count). The molecule has 92 valence electrons. The van der Waals surface area contributed by atoms with Crippen LogP contribution in [0.5, 0.6) is 5.88 Å². The van der Waals surface area contributed by atoms with Gasteiger partial charge in [0, 0.05) is 6.04 Å². The molecule has 0 bridgehead atoms. The van der Waals surface area contributed by atoms with Crippen LogP contribution in [-0.2, 0) is 0 Å². The van der Waals surface area contributed by atoms with E-state index >= 15 is 0 Å². The Balaban J connectivity index is 2.60. The molecule has 0 amide bonds. The summed E-state index contributed by atoms with van der Waals surface area (Å²) in [5, 5.41) is 0. The lowest BCUT2D eigenvalue weighted by molar-refractivity contribution is 0.330. The molecule has 0 aliphatic heterocycles. The molecule has 2 N–H and O–H groups in total. The Morgan fingerprint density at radius 1 is 1.41 bits per heavy atom. The zero-order valence-corrected chi connectivity index (χ0v) is 10.3. The number of anilines is 1. The van der Waals surface area contributed by atoms with Crippen LogP contribution in [0.2, 0.25) is 0 Å². The molecule has 0 aliphatic rings. The Morgan fingerprint density at radius 2 is 2.18 bits per heavy atom. The number of nitrogens with zero attached hydrogens (tertiary/aromatic N) is 4. The number of fused-ring (bicyclic) bond motifs is 1. The van der Waals surface area contributed by atoms with Crippen molar-refractivity contribution < 1.29 is 4.74 Å². The second-order valence-electron chi connectivity index (χ2n) is 3.90. The van der Waals surface area contributed by atoms with E-state index in [1.54, 1.807) is 6.33 Å². The average Bonchev–Trinajstić information content (AvgIpc) is 2.72. The molecule has 2 heterocycles. The summed E-state index contributed by atoms with van der Waals surface area (Å²) >= 11 is 0. The van der Waals surface area contributed by atoms with Crippen LogP contribution in [0.15, 0.2) is 6.33 Å². The highest BCUT2D eigenvalue weighted by Gasteiger charge is 2.15. The van der Waals surface area contributed by atoms with Crippen molar-refractivity contribution in [2.75, 3.05) is 12.3 Å².